The number of hydrogen-bond donors (Lipinski definition) is 2. The van der Waals surface area contributed by atoms with Gasteiger partial charge < -0.3 is 5.11 Å². The summed E-state index contributed by atoms with van der Waals surface area (Å²) in [5, 5.41) is 9.42. The van der Waals surface area contributed by atoms with E-state index < -0.39 is 16.1 Å². The van der Waals surface area contributed by atoms with E-state index in [1.54, 1.807) is 19.1 Å². The van der Waals surface area contributed by atoms with Crippen LogP contribution in [0.2, 0.25) is 0 Å². The van der Waals surface area contributed by atoms with Crippen LogP contribution in [0, 0.1) is 11.3 Å². The molecular weight excluding hydrogens is 274 g/mol. The molecule has 0 saturated carbocycles. The van der Waals surface area contributed by atoms with E-state index in [0.29, 0.717) is 18.0 Å². The molecule has 5 heteroatoms. The number of aliphatic hydroxyl groups excluding tert-OH is 1. The maximum atomic E-state index is 12.2. The molecule has 0 aromatic heterocycles. The van der Waals surface area contributed by atoms with E-state index in [-0.39, 0.29) is 10.3 Å². The van der Waals surface area contributed by atoms with E-state index in [1.807, 2.05) is 13.8 Å². The average Bonchev–Trinajstić information content (AvgIpc) is 2.36. The summed E-state index contributed by atoms with van der Waals surface area (Å²) in [6.07, 6.45) is -0.598. The van der Waals surface area contributed by atoms with Crippen molar-refractivity contribution >= 4 is 10.0 Å². The molecule has 20 heavy (non-hydrogen) atoms. The smallest absolute Gasteiger partial charge is 0.240 e. The monoisotopic (exact) mass is 299 g/mol. The van der Waals surface area contributed by atoms with E-state index in [4.69, 9.17) is 0 Å². The van der Waals surface area contributed by atoms with Crippen molar-refractivity contribution in [3.63, 3.8) is 0 Å². The normalized spacial score (nSPS) is 14.6. The average molecular weight is 299 g/mol. The molecule has 0 aliphatic rings. The van der Waals surface area contributed by atoms with Crippen LogP contribution in [0.1, 0.15) is 46.3 Å². The van der Waals surface area contributed by atoms with Gasteiger partial charge in [0.1, 0.15) is 0 Å². The minimum atomic E-state index is -3.50. The van der Waals surface area contributed by atoms with Gasteiger partial charge in [0.25, 0.3) is 0 Å². The van der Waals surface area contributed by atoms with Crippen LogP contribution in [0.3, 0.4) is 0 Å². The minimum Gasteiger partial charge on any atom is -0.389 e. The van der Waals surface area contributed by atoms with Gasteiger partial charge in [0.05, 0.1) is 11.0 Å². The Labute approximate surface area is 122 Å². The summed E-state index contributed by atoms with van der Waals surface area (Å²) >= 11 is 0. The van der Waals surface area contributed by atoms with Gasteiger partial charge in [0.15, 0.2) is 0 Å². The highest BCUT2D eigenvalue weighted by Gasteiger charge is 2.25. The van der Waals surface area contributed by atoms with Crippen LogP contribution in [-0.4, -0.2) is 20.1 Å². The number of benzene rings is 1. The van der Waals surface area contributed by atoms with Gasteiger partial charge in [-0.3, -0.25) is 0 Å². The zero-order valence-corrected chi connectivity index (χ0v) is 13.7. The van der Waals surface area contributed by atoms with Gasteiger partial charge in [-0.2, -0.15) is 0 Å². The molecular formula is C15H25NO3S. The molecule has 0 aliphatic heterocycles. The molecule has 0 aliphatic carbocycles. The third-order valence-corrected chi connectivity index (χ3v) is 5.37. The fourth-order valence-corrected chi connectivity index (χ4v) is 2.72. The number of nitrogens with one attached hydrogen (secondary N) is 1. The van der Waals surface area contributed by atoms with E-state index in [0.717, 1.165) is 0 Å². The summed E-state index contributed by atoms with van der Waals surface area (Å²) in [7, 11) is -3.50. The molecule has 1 rings (SSSR count). The van der Waals surface area contributed by atoms with Gasteiger partial charge >= 0.3 is 0 Å². The number of aliphatic hydroxyl groups is 1. The topological polar surface area (TPSA) is 66.4 Å². The predicted molar refractivity (Wildman–Crippen MR) is 80.9 cm³/mol. The van der Waals surface area contributed by atoms with Crippen molar-refractivity contribution < 1.29 is 13.5 Å². The Balaban J connectivity index is 2.84. The van der Waals surface area contributed by atoms with Crippen LogP contribution >= 0.6 is 0 Å². The Hall–Kier alpha value is -0.910. The van der Waals surface area contributed by atoms with E-state index in [1.165, 1.54) is 12.1 Å². The Bertz CT molecular complexity index is 531. The quantitative estimate of drug-likeness (QED) is 0.848. The maximum absolute atomic E-state index is 12.2. The van der Waals surface area contributed by atoms with Crippen LogP contribution in [0.4, 0.5) is 0 Å². The number of rotatable bonds is 6. The van der Waals surface area contributed by atoms with Crippen molar-refractivity contribution in [3.8, 4) is 0 Å². The molecule has 1 aromatic carbocycles. The zero-order valence-electron chi connectivity index (χ0n) is 12.8. The standard InChI is InChI=1S/C15H25NO3S/c1-11(2)15(4,5)10-16-20(18,19)14-8-6-13(7-9-14)12(3)17/h6-9,11-12,16-17H,10H2,1-5H3. The first kappa shape index (κ1) is 17.1. The highest BCUT2D eigenvalue weighted by molar-refractivity contribution is 7.89. The molecule has 1 unspecified atom stereocenters. The Morgan fingerprint density at radius 1 is 1.15 bits per heavy atom. The van der Waals surface area contributed by atoms with Gasteiger partial charge in [-0.1, -0.05) is 39.8 Å². The Kier molecular flexibility index (Phi) is 5.35. The zero-order chi connectivity index (χ0) is 15.6. The first-order valence-corrected chi connectivity index (χ1v) is 8.32. The predicted octanol–water partition coefficient (Wildman–Crippen LogP) is 2.70. The molecule has 1 atom stereocenters. The van der Waals surface area contributed by atoms with Gasteiger partial charge in [-0.15, -0.1) is 0 Å². The Morgan fingerprint density at radius 3 is 2.05 bits per heavy atom. The van der Waals surface area contributed by atoms with E-state index in [9.17, 15) is 13.5 Å². The molecule has 0 amide bonds. The lowest BCUT2D eigenvalue weighted by atomic mass is 9.81. The summed E-state index contributed by atoms with van der Waals surface area (Å²) in [5.74, 6) is 0.378. The molecule has 0 radical (unpaired) electrons. The van der Waals surface area contributed by atoms with Crippen molar-refractivity contribution in [2.24, 2.45) is 11.3 Å². The van der Waals surface area contributed by atoms with Crippen LogP contribution in [-0.2, 0) is 10.0 Å². The van der Waals surface area contributed by atoms with Crippen LogP contribution in [0.15, 0.2) is 29.2 Å². The fraction of sp³-hybridized carbons (Fsp3) is 0.600. The third kappa shape index (κ3) is 4.30. The molecule has 0 bridgehead atoms. The largest absolute Gasteiger partial charge is 0.389 e. The molecule has 0 saturated heterocycles. The molecule has 2 N–H and O–H groups in total. The van der Waals surface area contributed by atoms with Gasteiger partial charge in [0, 0.05) is 6.54 Å². The van der Waals surface area contributed by atoms with Crippen molar-refractivity contribution in [2.45, 2.75) is 45.6 Å². The first-order chi connectivity index (χ1) is 9.06. The molecule has 114 valence electrons. The van der Waals surface area contributed by atoms with Gasteiger partial charge in [-0.25, -0.2) is 13.1 Å². The van der Waals surface area contributed by atoms with E-state index >= 15 is 0 Å². The van der Waals surface area contributed by atoms with Gasteiger partial charge in [-0.05, 0) is 36.0 Å². The highest BCUT2D eigenvalue weighted by atomic mass is 32.2. The van der Waals surface area contributed by atoms with Crippen molar-refractivity contribution in [1.29, 1.82) is 0 Å². The lowest BCUT2D eigenvalue weighted by Crippen LogP contribution is -2.36. The van der Waals surface area contributed by atoms with E-state index in [2.05, 4.69) is 18.6 Å². The molecule has 1 aromatic rings. The second-order valence-corrected chi connectivity index (χ2v) is 7.98. The second-order valence-electron chi connectivity index (χ2n) is 6.21. The van der Waals surface area contributed by atoms with Crippen molar-refractivity contribution in [2.75, 3.05) is 6.54 Å². The number of hydrogen-bond acceptors (Lipinski definition) is 3. The van der Waals surface area contributed by atoms with Crippen LogP contribution in [0.5, 0.6) is 0 Å². The summed E-state index contributed by atoms with van der Waals surface area (Å²) in [4.78, 5) is 0.224. The lowest BCUT2D eigenvalue weighted by Gasteiger charge is -2.29. The molecule has 0 fully saturated rings. The second kappa shape index (κ2) is 6.24. The van der Waals surface area contributed by atoms with Crippen molar-refractivity contribution in [3.05, 3.63) is 29.8 Å². The summed E-state index contributed by atoms with van der Waals surface area (Å²) in [6.45, 7) is 10.3. The third-order valence-electron chi connectivity index (χ3n) is 3.95. The van der Waals surface area contributed by atoms with Gasteiger partial charge in [0.2, 0.25) is 10.0 Å². The molecule has 0 heterocycles. The van der Waals surface area contributed by atoms with Crippen molar-refractivity contribution in [1.82, 2.24) is 4.72 Å². The fourth-order valence-electron chi connectivity index (χ4n) is 1.49. The minimum absolute atomic E-state index is 0.105. The maximum Gasteiger partial charge on any atom is 0.240 e. The number of sulfonamides is 1. The molecule has 0 spiro atoms. The first-order valence-electron chi connectivity index (χ1n) is 6.84. The lowest BCUT2D eigenvalue weighted by molar-refractivity contribution is 0.199. The Morgan fingerprint density at radius 2 is 1.65 bits per heavy atom. The summed E-state index contributed by atoms with van der Waals surface area (Å²) < 4.78 is 27.1. The summed E-state index contributed by atoms with van der Waals surface area (Å²) in [5.41, 5.74) is 0.596. The highest BCUT2D eigenvalue weighted by Crippen LogP contribution is 2.25. The van der Waals surface area contributed by atoms with Crippen LogP contribution < -0.4 is 4.72 Å². The summed E-state index contributed by atoms with van der Waals surface area (Å²) in [6, 6.07) is 6.30. The van der Waals surface area contributed by atoms with Crippen LogP contribution in [0.25, 0.3) is 0 Å². The SMILES string of the molecule is CC(O)c1ccc(S(=O)(=O)NCC(C)(C)C(C)C)cc1. The molecule has 4 nitrogen and oxygen atoms in total.